The van der Waals surface area contributed by atoms with Gasteiger partial charge in [-0.15, -0.1) is 0 Å². The number of hydrogen-bond donors (Lipinski definition) is 0. The van der Waals surface area contributed by atoms with Gasteiger partial charge >= 0.3 is 0 Å². The molecule has 23 heavy (non-hydrogen) atoms. The van der Waals surface area contributed by atoms with Crippen LogP contribution in [0.4, 0.5) is 10.2 Å². The van der Waals surface area contributed by atoms with Crippen LogP contribution in [0.25, 0.3) is 0 Å². The van der Waals surface area contributed by atoms with Crippen LogP contribution < -0.4 is 4.90 Å². The SMILES string of the molecule is Cc1cnc(C)c(N2CCOC(c3cc(F)c(Cl)cc3Cl)C2)n1. The lowest BCUT2D eigenvalue weighted by Crippen LogP contribution is -2.39. The van der Waals surface area contributed by atoms with Crippen LogP contribution in [0.15, 0.2) is 18.3 Å². The first-order valence-electron chi connectivity index (χ1n) is 7.27. The number of morpholine rings is 1. The third-order valence-corrected chi connectivity index (χ3v) is 4.42. The molecule has 7 heteroatoms. The third kappa shape index (κ3) is 3.42. The fraction of sp³-hybridized carbons (Fsp3) is 0.375. The van der Waals surface area contributed by atoms with E-state index in [1.54, 1.807) is 6.20 Å². The average molecular weight is 356 g/mol. The number of ether oxygens (including phenoxy) is 1. The van der Waals surface area contributed by atoms with Crippen molar-refractivity contribution in [3.63, 3.8) is 0 Å². The second kappa shape index (κ2) is 6.59. The Morgan fingerprint density at radius 1 is 1.26 bits per heavy atom. The summed E-state index contributed by atoms with van der Waals surface area (Å²) in [6, 6.07) is 2.75. The van der Waals surface area contributed by atoms with Gasteiger partial charge in [-0.3, -0.25) is 4.98 Å². The summed E-state index contributed by atoms with van der Waals surface area (Å²) in [5, 5.41) is 0.405. The molecule has 0 amide bonds. The Balaban J connectivity index is 1.89. The maximum Gasteiger partial charge on any atom is 0.150 e. The van der Waals surface area contributed by atoms with Crippen molar-refractivity contribution in [1.82, 2.24) is 9.97 Å². The highest BCUT2D eigenvalue weighted by molar-refractivity contribution is 6.35. The molecule has 4 nitrogen and oxygen atoms in total. The molecule has 1 atom stereocenters. The fourth-order valence-corrected chi connectivity index (χ4v) is 3.14. The van der Waals surface area contributed by atoms with Gasteiger partial charge in [0.2, 0.25) is 0 Å². The van der Waals surface area contributed by atoms with Gasteiger partial charge in [-0.1, -0.05) is 23.2 Å². The van der Waals surface area contributed by atoms with Crippen molar-refractivity contribution in [3.05, 3.63) is 51.1 Å². The molecule has 0 N–H and O–H groups in total. The van der Waals surface area contributed by atoms with E-state index < -0.39 is 5.82 Å². The van der Waals surface area contributed by atoms with E-state index in [-0.39, 0.29) is 11.1 Å². The highest BCUT2D eigenvalue weighted by Gasteiger charge is 2.26. The van der Waals surface area contributed by atoms with Crippen molar-refractivity contribution >= 4 is 29.0 Å². The van der Waals surface area contributed by atoms with E-state index in [0.29, 0.717) is 30.3 Å². The molecule has 3 rings (SSSR count). The Bertz CT molecular complexity index is 742. The normalized spacial score (nSPS) is 18.3. The van der Waals surface area contributed by atoms with Crippen LogP contribution in [0, 0.1) is 19.7 Å². The van der Waals surface area contributed by atoms with Gasteiger partial charge in [0.05, 0.1) is 23.0 Å². The molecular weight excluding hydrogens is 340 g/mol. The lowest BCUT2D eigenvalue weighted by atomic mass is 10.1. The fourth-order valence-electron chi connectivity index (χ4n) is 2.64. The quantitative estimate of drug-likeness (QED) is 0.759. The van der Waals surface area contributed by atoms with Crippen LogP contribution in [0.2, 0.25) is 10.0 Å². The number of aromatic nitrogens is 2. The minimum atomic E-state index is -0.502. The van der Waals surface area contributed by atoms with Gasteiger partial charge in [0, 0.05) is 29.9 Å². The molecular formula is C16H16Cl2FN3O. The number of halogens is 3. The maximum absolute atomic E-state index is 13.8. The van der Waals surface area contributed by atoms with E-state index in [1.165, 1.54) is 12.1 Å². The predicted molar refractivity (Wildman–Crippen MR) is 88.8 cm³/mol. The largest absolute Gasteiger partial charge is 0.370 e. The molecule has 1 aromatic heterocycles. The zero-order valence-electron chi connectivity index (χ0n) is 12.8. The summed E-state index contributed by atoms with van der Waals surface area (Å²) in [7, 11) is 0. The van der Waals surface area contributed by atoms with E-state index in [9.17, 15) is 4.39 Å². The summed E-state index contributed by atoms with van der Waals surface area (Å²) in [5.41, 5.74) is 2.30. The lowest BCUT2D eigenvalue weighted by molar-refractivity contribution is 0.0393. The second-order valence-corrected chi connectivity index (χ2v) is 6.33. The number of hydrogen-bond acceptors (Lipinski definition) is 4. The minimum Gasteiger partial charge on any atom is -0.370 e. The number of benzene rings is 1. The Hall–Kier alpha value is -1.43. The second-order valence-electron chi connectivity index (χ2n) is 5.51. The first-order chi connectivity index (χ1) is 11.0. The molecule has 1 aromatic carbocycles. The van der Waals surface area contributed by atoms with Gasteiger partial charge in [-0.05, 0) is 26.0 Å². The number of anilines is 1. The summed E-state index contributed by atoms with van der Waals surface area (Å²) in [4.78, 5) is 11.0. The van der Waals surface area contributed by atoms with Crippen LogP contribution in [0.5, 0.6) is 0 Å². The summed E-state index contributed by atoms with van der Waals surface area (Å²) >= 11 is 12.0. The van der Waals surface area contributed by atoms with E-state index in [2.05, 4.69) is 14.9 Å². The topological polar surface area (TPSA) is 38.2 Å². The van der Waals surface area contributed by atoms with Gasteiger partial charge in [0.15, 0.2) is 5.82 Å². The molecule has 1 aliphatic heterocycles. The predicted octanol–water partition coefficient (Wildman–Crippen LogP) is 4.12. The maximum atomic E-state index is 13.8. The average Bonchev–Trinajstić information content (AvgIpc) is 2.53. The van der Waals surface area contributed by atoms with Gasteiger partial charge in [-0.25, -0.2) is 9.37 Å². The molecule has 0 spiro atoms. The zero-order valence-corrected chi connectivity index (χ0v) is 14.3. The summed E-state index contributed by atoms with van der Waals surface area (Å²) < 4.78 is 19.5. The van der Waals surface area contributed by atoms with Crippen LogP contribution in [0.1, 0.15) is 23.1 Å². The number of rotatable bonds is 2. The first-order valence-corrected chi connectivity index (χ1v) is 8.02. The van der Waals surface area contributed by atoms with Crippen LogP contribution in [0.3, 0.4) is 0 Å². The molecule has 1 fully saturated rings. The number of nitrogens with zero attached hydrogens (tertiary/aromatic N) is 3. The Labute approximate surface area is 144 Å². The van der Waals surface area contributed by atoms with E-state index in [0.717, 1.165) is 17.2 Å². The number of aryl methyl sites for hydroxylation is 2. The van der Waals surface area contributed by atoms with Crippen molar-refractivity contribution in [3.8, 4) is 0 Å². The van der Waals surface area contributed by atoms with Gasteiger partial charge in [-0.2, -0.15) is 0 Å². The molecule has 2 aromatic rings. The summed E-state index contributed by atoms with van der Waals surface area (Å²) in [6.07, 6.45) is 1.40. The molecule has 1 saturated heterocycles. The van der Waals surface area contributed by atoms with Crippen LogP contribution in [-0.2, 0) is 4.74 Å². The molecule has 1 aliphatic rings. The van der Waals surface area contributed by atoms with Crippen molar-refractivity contribution in [2.75, 3.05) is 24.6 Å². The Kier molecular flexibility index (Phi) is 4.71. The summed E-state index contributed by atoms with van der Waals surface area (Å²) in [5.74, 6) is 0.321. The van der Waals surface area contributed by atoms with Crippen molar-refractivity contribution in [2.24, 2.45) is 0 Å². The zero-order chi connectivity index (χ0) is 16.6. The monoisotopic (exact) mass is 355 g/mol. The summed E-state index contributed by atoms with van der Waals surface area (Å²) in [6.45, 7) is 5.55. The van der Waals surface area contributed by atoms with E-state index >= 15 is 0 Å². The smallest absolute Gasteiger partial charge is 0.150 e. The van der Waals surface area contributed by atoms with Crippen LogP contribution >= 0.6 is 23.2 Å². The first kappa shape index (κ1) is 16.4. The van der Waals surface area contributed by atoms with Gasteiger partial charge in [0.1, 0.15) is 11.9 Å². The van der Waals surface area contributed by atoms with Crippen LogP contribution in [-0.4, -0.2) is 29.7 Å². The van der Waals surface area contributed by atoms with E-state index in [4.69, 9.17) is 27.9 Å². The highest BCUT2D eigenvalue weighted by atomic mass is 35.5. The van der Waals surface area contributed by atoms with Crippen molar-refractivity contribution in [2.45, 2.75) is 20.0 Å². The standard InChI is InChI=1S/C16H16Cl2FN3O/c1-9-7-20-10(2)16(21-9)22-3-4-23-15(8-22)11-5-14(19)13(18)6-12(11)17/h5-7,15H,3-4,8H2,1-2H3. The molecule has 0 saturated carbocycles. The van der Waals surface area contributed by atoms with Gasteiger partial charge < -0.3 is 9.64 Å². The molecule has 0 radical (unpaired) electrons. The molecule has 0 bridgehead atoms. The van der Waals surface area contributed by atoms with Gasteiger partial charge in [0.25, 0.3) is 0 Å². The van der Waals surface area contributed by atoms with E-state index in [1.807, 2.05) is 13.8 Å². The minimum absolute atomic E-state index is 0.00631. The highest BCUT2D eigenvalue weighted by Crippen LogP contribution is 2.33. The third-order valence-electron chi connectivity index (χ3n) is 3.80. The molecule has 1 unspecified atom stereocenters. The molecule has 0 aliphatic carbocycles. The molecule has 122 valence electrons. The Morgan fingerprint density at radius 2 is 2.04 bits per heavy atom. The van der Waals surface area contributed by atoms with Crippen molar-refractivity contribution < 1.29 is 9.13 Å². The van der Waals surface area contributed by atoms with Crippen molar-refractivity contribution in [1.29, 1.82) is 0 Å². The lowest BCUT2D eigenvalue weighted by Gasteiger charge is -2.34. The Morgan fingerprint density at radius 3 is 2.83 bits per heavy atom. The molecule has 2 heterocycles.